The first-order valence-corrected chi connectivity index (χ1v) is 9.20. The van der Waals surface area contributed by atoms with Crippen molar-refractivity contribution in [2.45, 2.75) is 39.5 Å². The van der Waals surface area contributed by atoms with Gasteiger partial charge in [0.1, 0.15) is 0 Å². The molecule has 0 saturated heterocycles. The van der Waals surface area contributed by atoms with Crippen LogP contribution < -0.4 is 21.9 Å². The number of aryl methyl sites for hydroxylation is 2. The summed E-state index contributed by atoms with van der Waals surface area (Å²) in [5.41, 5.74) is 8.29. The van der Waals surface area contributed by atoms with Gasteiger partial charge in [0.15, 0.2) is 11.6 Å². The Balaban J connectivity index is 1.93. The lowest BCUT2D eigenvalue weighted by Crippen LogP contribution is -2.27. The number of nitrogens with zero attached hydrogens (tertiary/aromatic N) is 3. The second-order valence-electron chi connectivity index (χ2n) is 7.04. The number of likely N-dealkylation sites (N-methyl/N-ethyl adjacent to an activating group) is 1. The Labute approximate surface area is 158 Å². The predicted octanol–water partition coefficient (Wildman–Crippen LogP) is 1.33. The highest BCUT2D eigenvalue weighted by Gasteiger charge is 2.21. The van der Waals surface area contributed by atoms with E-state index in [4.69, 9.17) is 5.73 Å². The molecule has 8 nitrogen and oxygen atoms in total. The van der Waals surface area contributed by atoms with Crippen molar-refractivity contribution in [1.29, 1.82) is 0 Å². The number of hydrogen-bond donors (Lipinski definition) is 3. The fraction of sp³-hybridized carbons (Fsp3) is 0.474. The molecule has 2 aromatic heterocycles. The fourth-order valence-electron chi connectivity index (χ4n) is 2.99. The van der Waals surface area contributed by atoms with Gasteiger partial charge in [-0.2, -0.15) is 0 Å². The minimum atomic E-state index is -0.275. The third kappa shape index (κ3) is 4.27. The van der Waals surface area contributed by atoms with Crippen LogP contribution in [0, 0.1) is 19.8 Å². The van der Waals surface area contributed by atoms with Gasteiger partial charge in [-0.3, -0.25) is 14.2 Å². The van der Waals surface area contributed by atoms with Crippen molar-refractivity contribution in [1.82, 2.24) is 19.9 Å². The van der Waals surface area contributed by atoms with E-state index >= 15 is 0 Å². The average molecular weight is 370 g/mol. The molecular formula is C19H26N6O2. The Hall–Kier alpha value is -2.90. The van der Waals surface area contributed by atoms with E-state index in [2.05, 4.69) is 20.6 Å². The van der Waals surface area contributed by atoms with E-state index in [0.29, 0.717) is 28.7 Å². The van der Waals surface area contributed by atoms with Crippen LogP contribution >= 0.6 is 0 Å². The Morgan fingerprint density at radius 3 is 2.78 bits per heavy atom. The molecule has 2 heterocycles. The van der Waals surface area contributed by atoms with Crippen molar-refractivity contribution in [3.8, 4) is 5.82 Å². The molecule has 0 bridgehead atoms. The van der Waals surface area contributed by atoms with Crippen molar-refractivity contribution in [3.63, 3.8) is 0 Å². The Morgan fingerprint density at radius 1 is 1.37 bits per heavy atom. The highest BCUT2D eigenvalue weighted by molar-refractivity contribution is 5.79. The summed E-state index contributed by atoms with van der Waals surface area (Å²) >= 11 is 0. The minimum Gasteiger partial charge on any atom is -0.396 e. The van der Waals surface area contributed by atoms with Gasteiger partial charge >= 0.3 is 0 Å². The van der Waals surface area contributed by atoms with Crippen LogP contribution in [0.25, 0.3) is 5.82 Å². The number of nitrogen functional groups attached to an aromatic ring is 1. The van der Waals surface area contributed by atoms with Gasteiger partial charge in [0.2, 0.25) is 5.91 Å². The van der Waals surface area contributed by atoms with Crippen LogP contribution in [0.4, 0.5) is 11.5 Å². The second kappa shape index (κ2) is 7.77. The van der Waals surface area contributed by atoms with Gasteiger partial charge in [-0.25, -0.2) is 9.97 Å². The summed E-state index contributed by atoms with van der Waals surface area (Å²) in [4.78, 5) is 33.3. The van der Waals surface area contributed by atoms with E-state index in [1.54, 1.807) is 33.2 Å². The smallest absolute Gasteiger partial charge is 0.299 e. The molecule has 1 aliphatic rings. The molecule has 0 unspecified atom stereocenters. The summed E-state index contributed by atoms with van der Waals surface area (Å²) < 4.78 is 1.47. The van der Waals surface area contributed by atoms with Gasteiger partial charge in [0.25, 0.3) is 5.56 Å². The number of amides is 1. The van der Waals surface area contributed by atoms with Crippen LogP contribution in [0.15, 0.2) is 17.1 Å². The molecule has 4 N–H and O–H groups in total. The highest BCUT2D eigenvalue weighted by atomic mass is 16.1. The summed E-state index contributed by atoms with van der Waals surface area (Å²) in [6.45, 7) is 4.32. The van der Waals surface area contributed by atoms with Gasteiger partial charge < -0.3 is 16.4 Å². The summed E-state index contributed by atoms with van der Waals surface area (Å²) in [5.74, 6) is 1.32. The summed E-state index contributed by atoms with van der Waals surface area (Å²) in [6, 6.07) is 1.71. The number of pyridine rings is 1. The number of rotatable bonds is 7. The molecule has 0 spiro atoms. The second-order valence-corrected chi connectivity index (χ2v) is 7.04. The molecule has 0 radical (unpaired) electrons. The van der Waals surface area contributed by atoms with Gasteiger partial charge in [-0.05, 0) is 37.8 Å². The van der Waals surface area contributed by atoms with Gasteiger partial charge in [-0.15, -0.1) is 0 Å². The first kappa shape index (κ1) is 18.9. The van der Waals surface area contributed by atoms with Crippen LogP contribution in [0.3, 0.4) is 0 Å². The van der Waals surface area contributed by atoms with Crippen molar-refractivity contribution in [2.75, 3.05) is 24.6 Å². The zero-order chi connectivity index (χ0) is 19.6. The summed E-state index contributed by atoms with van der Waals surface area (Å²) in [7, 11) is 1.58. The van der Waals surface area contributed by atoms with Crippen molar-refractivity contribution in [3.05, 3.63) is 39.6 Å². The zero-order valence-corrected chi connectivity index (χ0v) is 16.0. The van der Waals surface area contributed by atoms with Crippen LogP contribution in [-0.2, 0) is 11.2 Å². The van der Waals surface area contributed by atoms with E-state index in [9.17, 15) is 9.59 Å². The molecule has 3 rings (SSSR count). The number of nitrogens with two attached hydrogens (primary N) is 1. The molecule has 27 heavy (non-hydrogen) atoms. The summed E-state index contributed by atoms with van der Waals surface area (Å²) in [6.07, 6.45) is 5.42. The van der Waals surface area contributed by atoms with Gasteiger partial charge in [-0.1, -0.05) is 12.8 Å². The first-order chi connectivity index (χ1) is 12.9. The molecule has 0 aromatic carbocycles. The molecule has 1 fully saturated rings. The van der Waals surface area contributed by atoms with E-state index < -0.39 is 0 Å². The molecule has 1 saturated carbocycles. The third-order valence-corrected chi connectivity index (χ3v) is 4.85. The molecule has 2 aromatic rings. The number of aromatic nitrogens is 3. The Bertz CT molecular complexity index is 917. The van der Waals surface area contributed by atoms with Crippen LogP contribution in [-0.4, -0.2) is 34.0 Å². The van der Waals surface area contributed by atoms with Gasteiger partial charge in [0, 0.05) is 31.2 Å². The Kier molecular flexibility index (Phi) is 5.43. The van der Waals surface area contributed by atoms with Crippen molar-refractivity contribution < 1.29 is 4.79 Å². The molecule has 0 aliphatic heterocycles. The minimum absolute atomic E-state index is 0.119. The molecule has 144 valence electrons. The number of nitrogens with one attached hydrogen (secondary N) is 2. The molecular weight excluding hydrogens is 344 g/mol. The van der Waals surface area contributed by atoms with Gasteiger partial charge in [0.05, 0.1) is 12.1 Å². The monoisotopic (exact) mass is 370 g/mol. The SMILES string of the molecule is CNC(=O)Cc1cc(N)c(-n2c(C)cnc(NCCC3CC3)c2=O)nc1C. The maximum absolute atomic E-state index is 12.9. The lowest BCUT2D eigenvalue weighted by atomic mass is 10.1. The highest BCUT2D eigenvalue weighted by Crippen LogP contribution is 2.31. The number of hydrogen-bond acceptors (Lipinski definition) is 6. The third-order valence-electron chi connectivity index (χ3n) is 4.85. The van der Waals surface area contributed by atoms with Crippen molar-refractivity contribution >= 4 is 17.4 Å². The molecule has 0 atom stereocenters. The molecule has 1 amide bonds. The quantitative estimate of drug-likeness (QED) is 0.677. The number of carbonyl (C=O) groups is 1. The maximum atomic E-state index is 12.9. The first-order valence-electron chi connectivity index (χ1n) is 9.20. The lowest BCUT2D eigenvalue weighted by Gasteiger charge is -2.15. The topological polar surface area (TPSA) is 115 Å². The standard InChI is InChI=1S/C19H26N6O2/c1-11-10-23-17(22-7-6-13-4-5-13)19(27)25(11)18-15(20)8-14(12(2)24-18)9-16(26)21-3/h8,10,13H,4-7,9,20H2,1-3H3,(H,21,26)(H,22,23). The van der Waals surface area contributed by atoms with E-state index in [-0.39, 0.29) is 17.9 Å². The Morgan fingerprint density at radius 2 is 2.11 bits per heavy atom. The normalized spacial score (nSPS) is 13.4. The van der Waals surface area contributed by atoms with E-state index in [1.807, 2.05) is 0 Å². The fourth-order valence-corrected chi connectivity index (χ4v) is 2.99. The van der Waals surface area contributed by atoms with Crippen LogP contribution in [0.1, 0.15) is 36.2 Å². The van der Waals surface area contributed by atoms with Crippen LogP contribution in [0.5, 0.6) is 0 Å². The number of anilines is 2. The average Bonchev–Trinajstić information content (AvgIpc) is 3.45. The number of carbonyl (C=O) groups excluding carboxylic acids is 1. The largest absolute Gasteiger partial charge is 0.396 e. The lowest BCUT2D eigenvalue weighted by molar-refractivity contribution is -0.119. The van der Waals surface area contributed by atoms with E-state index in [0.717, 1.165) is 24.4 Å². The van der Waals surface area contributed by atoms with Crippen molar-refractivity contribution in [2.24, 2.45) is 5.92 Å². The molecule has 1 aliphatic carbocycles. The van der Waals surface area contributed by atoms with Crippen LogP contribution in [0.2, 0.25) is 0 Å². The zero-order valence-electron chi connectivity index (χ0n) is 16.0. The predicted molar refractivity (Wildman–Crippen MR) is 105 cm³/mol. The van der Waals surface area contributed by atoms with E-state index in [1.165, 1.54) is 17.4 Å². The molecule has 8 heteroatoms. The summed E-state index contributed by atoms with van der Waals surface area (Å²) in [5, 5.41) is 5.72. The maximum Gasteiger partial charge on any atom is 0.299 e.